The number of urea groups is 1. The number of halogens is 1. The molecule has 1 aliphatic rings. The molecular formula is C17H21FN4O2. The molecule has 2 amide bonds. The van der Waals surface area contributed by atoms with E-state index in [0.29, 0.717) is 12.4 Å². The summed E-state index contributed by atoms with van der Waals surface area (Å²) in [5.74, 6) is 0.155. The number of carbonyl (C=O) groups is 1. The van der Waals surface area contributed by atoms with Gasteiger partial charge in [-0.1, -0.05) is 6.07 Å². The van der Waals surface area contributed by atoms with E-state index in [9.17, 15) is 9.18 Å². The van der Waals surface area contributed by atoms with Gasteiger partial charge in [-0.05, 0) is 25.8 Å². The zero-order valence-electron chi connectivity index (χ0n) is 13.8. The van der Waals surface area contributed by atoms with Crippen molar-refractivity contribution in [2.75, 3.05) is 6.61 Å². The third-order valence-corrected chi connectivity index (χ3v) is 4.12. The Morgan fingerprint density at radius 1 is 1.50 bits per heavy atom. The maximum atomic E-state index is 13.4. The summed E-state index contributed by atoms with van der Waals surface area (Å²) >= 11 is 0. The number of benzene rings is 1. The van der Waals surface area contributed by atoms with Crippen LogP contribution >= 0.6 is 0 Å². The van der Waals surface area contributed by atoms with E-state index in [2.05, 4.69) is 15.7 Å². The third-order valence-electron chi connectivity index (χ3n) is 4.12. The van der Waals surface area contributed by atoms with E-state index in [1.807, 2.05) is 20.2 Å². The second kappa shape index (κ2) is 6.90. The van der Waals surface area contributed by atoms with Gasteiger partial charge >= 0.3 is 6.03 Å². The lowest BCUT2D eigenvalue weighted by molar-refractivity contribution is 0.233. The number of aromatic nitrogens is 2. The molecule has 2 N–H and O–H groups in total. The van der Waals surface area contributed by atoms with Crippen LogP contribution in [0.1, 0.15) is 43.0 Å². The summed E-state index contributed by atoms with van der Waals surface area (Å²) in [7, 11) is 1.83. The van der Waals surface area contributed by atoms with Crippen LogP contribution in [0, 0.1) is 5.82 Å². The van der Waals surface area contributed by atoms with E-state index in [0.717, 1.165) is 24.0 Å². The molecule has 0 fully saturated rings. The van der Waals surface area contributed by atoms with Gasteiger partial charge in [0, 0.05) is 30.4 Å². The molecule has 0 unspecified atom stereocenters. The van der Waals surface area contributed by atoms with E-state index in [4.69, 9.17) is 4.74 Å². The molecule has 0 radical (unpaired) electrons. The van der Waals surface area contributed by atoms with Gasteiger partial charge in [0.05, 0.1) is 24.9 Å². The second-order valence-electron chi connectivity index (χ2n) is 6.01. The van der Waals surface area contributed by atoms with Crippen molar-refractivity contribution in [3.8, 4) is 5.75 Å². The third kappa shape index (κ3) is 3.67. The van der Waals surface area contributed by atoms with Crippen LogP contribution in [-0.4, -0.2) is 22.4 Å². The highest BCUT2D eigenvalue weighted by Crippen LogP contribution is 2.32. The van der Waals surface area contributed by atoms with Crippen LogP contribution in [0.3, 0.4) is 0 Å². The minimum absolute atomic E-state index is 0.159. The number of nitrogens with one attached hydrogen (secondary N) is 2. The highest BCUT2D eigenvalue weighted by molar-refractivity contribution is 5.75. The summed E-state index contributed by atoms with van der Waals surface area (Å²) in [5, 5.41) is 9.97. The molecule has 1 aromatic heterocycles. The lowest BCUT2D eigenvalue weighted by Crippen LogP contribution is -2.39. The van der Waals surface area contributed by atoms with Crippen molar-refractivity contribution in [2.24, 2.45) is 7.05 Å². The SMILES string of the molecule is C[C@H](NC(=O)N[C@@H]1CCCOc2cc(F)ccc21)c1cnn(C)c1. The lowest BCUT2D eigenvalue weighted by atomic mass is 10.0. The molecule has 2 heterocycles. The van der Waals surface area contributed by atoms with Crippen LogP contribution in [-0.2, 0) is 7.05 Å². The molecule has 3 rings (SSSR count). The van der Waals surface area contributed by atoms with Crippen molar-refractivity contribution in [3.05, 3.63) is 47.5 Å². The molecule has 128 valence electrons. The highest BCUT2D eigenvalue weighted by Gasteiger charge is 2.22. The van der Waals surface area contributed by atoms with Crippen molar-refractivity contribution in [1.29, 1.82) is 0 Å². The first-order valence-corrected chi connectivity index (χ1v) is 8.01. The number of rotatable bonds is 3. The summed E-state index contributed by atoms with van der Waals surface area (Å²) in [4.78, 5) is 12.3. The Morgan fingerprint density at radius 2 is 2.33 bits per heavy atom. The number of hydrogen-bond acceptors (Lipinski definition) is 3. The van der Waals surface area contributed by atoms with Gasteiger partial charge in [-0.25, -0.2) is 9.18 Å². The van der Waals surface area contributed by atoms with Crippen LogP contribution in [0.5, 0.6) is 5.75 Å². The first-order chi connectivity index (χ1) is 11.5. The molecule has 6 nitrogen and oxygen atoms in total. The van der Waals surface area contributed by atoms with Crippen LogP contribution in [0.2, 0.25) is 0 Å². The normalized spacial score (nSPS) is 18.0. The minimum Gasteiger partial charge on any atom is -0.493 e. The average Bonchev–Trinajstić information content (AvgIpc) is 2.88. The van der Waals surface area contributed by atoms with E-state index in [1.165, 1.54) is 12.1 Å². The van der Waals surface area contributed by atoms with Gasteiger partial charge in [-0.15, -0.1) is 0 Å². The van der Waals surface area contributed by atoms with Crippen molar-refractivity contribution in [1.82, 2.24) is 20.4 Å². The zero-order valence-corrected chi connectivity index (χ0v) is 13.8. The van der Waals surface area contributed by atoms with Crippen molar-refractivity contribution in [2.45, 2.75) is 31.8 Å². The maximum Gasteiger partial charge on any atom is 0.315 e. The number of amides is 2. The van der Waals surface area contributed by atoms with Gasteiger partial charge in [-0.2, -0.15) is 5.10 Å². The fourth-order valence-corrected chi connectivity index (χ4v) is 2.84. The van der Waals surface area contributed by atoms with Crippen LogP contribution < -0.4 is 15.4 Å². The molecule has 0 bridgehead atoms. The summed E-state index contributed by atoms with van der Waals surface area (Å²) in [6, 6.07) is 3.79. The Kier molecular flexibility index (Phi) is 4.69. The number of nitrogens with zero attached hydrogens (tertiary/aromatic N) is 2. The number of ether oxygens (including phenoxy) is 1. The van der Waals surface area contributed by atoms with Gasteiger partial charge in [0.2, 0.25) is 0 Å². The molecule has 2 atom stereocenters. The number of aryl methyl sites for hydroxylation is 1. The predicted octanol–water partition coefficient (Wildman–Crippen LogP) is 2.83. The van der Waals surface area contributed by atoms with Crippen LogP contribution in [0.25, 0.3) is 0 Å². The van der Waals surface area contributed by atoms with E-state index in [-0.39, 0.29) is 23.9 Å². The van der Waals surface area contributed by atoms with E-state index < -0.39 is 0 Å². The highest BCUT2D eigenvalue weighted by atomic mass is 19.1. The number of hydrogen-bond donors (Lipinski definition) is 2. The second-order valence-corrected chi connectivity index (χ2v) is 6.01. The monoisotopic (exact) mass is 332 g/mol. The molecule has 1 aliphatic heterocycles. The Bertz CT molecular complexity index is 731. The molecule has 1 aromatic carbocycles. The first-order valence-electron chi connectivity index (χ1n) is 8.01. The summed E-state index contributed by atoms with van der Waals surface area (Å²) in [6.45, 7) is 2.42. The minimum atomic E-state index is -0.343. The number of fused-ring (bicyclic) bond motifs is 1. The van der Waals surface area contributed by atoms with Crippen LogP contribution in [0.15, 0.2) is 30.6 Å². The van der Waals surface area contributed by atoms with Crippen molar-refractivity contribution in [3.63, 3.8) is 0 Å². The standard InChI is InChI=1S/C17H21FN4O2/c1-11(12-9-19-22(2)10-12)20-17(23)21-15-4-3-7-24-16-8-13(18)5-6-14(15)16/h5-6,8-11,15H,3-4,7H2,1-2H3,(H2,20,21,23)/t11-,15+/m0/s1. The Balaban J connectivity index is 1.68. The van der Waals surface area contributed by atoms with Crippen molar-refractivity contribution >= 4 is 6.03 Å². The Hall–Kier alpha value is -2.57. The largest absolute Gasteiger partial charge is 0.493 e. The zero-order chi connectivity index (χ0) is 17.1. The Labute approximate surface area is 140 Å². The average molecular weight is 332 g/mol. The predicted molar refractivity (Wildman–Crippen MR) is 87.2 cm³/mol. The molecule has 2 aromatic rings. The molecule has 0 saturated heterocycles. The van der Waals surface area contributed by atoms with Gasteiger partial charge < -0.3 is 15.4 Å². The summed E-state index contributed by atoms with van der Waals surface area (Å²) in [6.07, 6.45) is 5.12. The molecule has 24 heavy (non-hydrogen) atoms. The van der Waals surface area contributed by atoms with Gasteiger partial charge in [0.25, 0.3) is 0 Å². The molecule has 0 spiro atoms. The fourth-order valence-electron chi connectivity index (χ4n) is 2.84. The maximum absolute atomic E-state index is 13.4. The van der Waals surface area contributed by atoms with E-state index in [1.54, 1.807) is 16.9 Å². The van der Waals surface area contributed by atoms with E-state index >= 15 is 0 Å². The smallest absolute Gasteiger partial charge is 0.315 e. The molecule has 0 saturated carbocycles. The molecule has 0 aliphatic carbocycles. The fraction of sp³-hybridized carbons (Fsp3) is 0.412. The quantitative estimate of drug-likeness (QED) is 0.908. The van der Waals surface area contributed by atoms with Gasteiger partial charge in [0.1, 0.15) is 11.6 Å². The number of carbonyl (C=O) groups excluding carboxylic acids is 1. The van der Waals surface area contributed by atoms with Gasteiger partial charge in [-0.3, -0.25) is 4.68 Å². The molecule has 7 heteroatoms. The summed E-state index contributed by atoms with van der Waals surface area (Å²) in [5.41, 5.74) is 1.73. The Morgan fingerprint density at radius 3 is 3.08 bits per heavy atom. The topological polar surface area (TPSA) is 68.2 Å². The van der Waals surface area contributed by atoms with Crippen molar-refractivity contribution < 1.29 is 13.9 Å². The van der Waals surface area contributed by atoms with Gasteiger partial charge in [0.15, 0.2) is 0 Å². The lowest BCUT2D eigenvalue weighted by Gasteiger charge is -2.20. The summed E-state index contributed by atoms with van der Waals surface area (Å²) < 4.78 is 20.7. The first kappa shape index (κ1) is 16.3. The molecular weight excluding hydrogens is 311 g/mol. The van der Waals surface area contributed by atoms with Crippen LogP contribution in [0.4, 0.5) is 9.18 Å².